The van der Waals surface area contributed by atoms with Crippen molar-refractivity contribution in [3.05, 3.63) is 70.8 Å². The van der Waals surface area contributed by atoms with Gasteiger partial charge in [0.1, 0.15) is 0 Å². The molecule has 5 heteroatoms. The van der Waals surface area contributed by atoms with E-state index in [2.05, 4.69) is 73.0 Å². The van der Waals surface area contributed by atoms with Gasteiger partial charge in [0.15, 0.2) is 0 Å². The number of rotatable bonds is 6. The van der Waals surface area contributed by atoms with E-state index in [0.717, 1.165) is 11.1 Å². The van der Waals surface area contributed by atoms with Crippen molar-refractivity contribution in [1.29, 1.82) is 0 Å². The second-order valence-corrected chi connectivity index (χ2v) is 7.12. The van der Waals surface area contributed by atoms with Gasteiger partial charge in [-0.3, -0.25) is 10.9 Å². The third-order valence-corrected chi connectivity index (χ3v) is 4.15. The van der Waals surface area contributed by atoms with E-state index < -0.39 is 0 Å². The van der Waals surface area contributed by atoms with E-state index in [9.17, 15) is 0 Å². The van der Waals surface area contributed by atoms with Gasteiger partial charge in [0, 0.05) is 0 Å². The largest absolute Gasteiger partial charge is 0.252 e. The first-order valence-corrected chi connectivity index (χ1v) is 9.18. The summed E-state index contributed by atoms with van der Waals surface area (Å²) in [4.78, 5) is 0. The van der Waals surface area contributed by atoms with Crippen molar-refractivity contribution in [3.8, 4) is 0 Å². The van der Waals surface area contributed by atoms with Crippen LogP contribution < -0.4 is 10.9 Å². The van der Waals surface area contributed by atoms with Gasteiger partial charge in [-0.1, -0.05) is 76.2 Å². The number of nitrogens with one attached hydrogen (secondary N) is 2. The highest BCUT2D eigenvalue weighted by atomic mass is 32.1. The maximum atomic E-state index is 5.15. The third kappa shape index (κ3) is 6.41. The van der Waals surface area contributed by atoms with Crippen LogP contribution >= 0.6 is 12.2 Å². The third-order valence-electron chi connectivity index (χ3n) is 3.97. The Morgan fingerprint density at radius 1 is 0.731 bits per heavy atom. The molecule has 4 nitrogen and oxygen atoms in total. The first-order valence-electron chi connectivity index (χ1n) is 8.77. The minimum Gasteiger partial charge on any atom is -0.252 e. The van der Waals surface area contributed by atoms with Crippen LogP contribution in [0.25, 0.3) is 0 Å². The normalized spacial score (nSPS) is 11.6. The maximum absolute atomic E-state index is 5.15. The minimum absolute atomic E-state index is 0.343. The van der Waals surface area contributed by atoms with E-state index in [1.165, 1.54) is 11.1 Å². The van der Waals surface area contributed by atoms with Gasteiger partial charge in [-0.25, -0.2) is 0 Å². The fourth-order valence-corrected chi connectivity index (χ4v) is 2.40. The summed E-state index contributed by atoms with van der Waals surface area (Å²) in [6, 6.07) is 16.6. The van der Waals surface area contributed by atoms with Crippen LogP contribution in [0.15, 0.2) is 58.7 Å². The smallest absolute Gasteiger partial charge is 0.207 e. The van der Waals surface area contributed by atoms with Crippen LogP contribution in [0, 0.1) is 0 Å². The Morgan fingerprint density at radius 2 is 1.08 bits per heavy atom. The number of hydrazone groups is 2. The quantitative estimate of drug-likeness (QED) is 0.440. The summed E-state index contributed by atoms with van der Waals surface area (Å²) < 4.78 is 0. The Balaban J connectivity index is 1.79. The number of thiocarbonyl (C=S) groups is 1. The van der Waals surface area contributed by atoms with Crippen molar-refractivity contribution in [2.75, 3.05) is 0 Å². The predicted molar refractivity (Wildman–Crippen MR) is 115 cm³/mol. The lowest BCUT2D eigenvalue weighted by molar-refractivity contribution is 0.866. The SMILES string of the molecule is CC(C)c1ccc(/C=N\NC(=S)N/N=C/c2ccc(C(C)C)cc2)cc1. The second kappa shape index (κ2) is 9.82. The molecule has 0 aromatic heterocycles. The van der Waals surface area contributed by atoms with Crippen LogP contribution in [0.2, 0.25) is 0 Å². The van der Waals surface area contributed by atoms with Gasteiger partial charge in [0.25, 0.3) is 0 Å². The van der Waals surface area contributed by atoms with Crippen molar-refractivity contribution in [3.63, 3.8) is 0 Å². The summed E-state index contributed by atoms with van der Waals surface area (Å²) in [6.45, 7) is 8.70. The maximum Gasteiger partial charge on any atom is 0.207 e. The van der Waals surface area contributed by atoms with Crippen molar-refractivity contribution >= 4 is 29.8 Å². The Hall–Kier alpha value is -2.53. The highest BCUT2D eigenvalue weighted by Gasteiger charge is 1.98. The molecule has 0 radical (unpaired) electrons. The highest BCUT2D eigenvalue weighted by Crippen LogP contribution is 2.14. The van der Waals surface area contributed by atoms with Crippen molar-refractivity contribution in [1.82, 2.24) is 10.9 Å². The average molecular weight is 367 g/mol. The van der Waals surface area contributed by atoms with Crippen LogP contribution in [0.4, 0.5) is 0 Å². The van der Waals surface area contributed by atoms with Gasteiger partial charge in [-0.15, -0.1) is 0 Å². The van der Waals surface area contributed by atoms with E-state index >= 15 is 0 Å². The summed E-state index contributed by atoms with van der Waals surface area (Å²) in [6.07, 6.45) is 3.46. The average Bonchev–Trinajstić information content (AvgIpc) is 2.62. The Bertz CT molecular complexity index is 694. The predicted octanol–water partition coefficient (Wildman–Crippen LogP) is 4.77. The molecule has 2 N–H and O–H groups in total. The number of nitrogens with zero attached hydrogens (tertiary/aromatic N) is 2. The lowest BCUT2D eigenvalue weighted by Crippen LogP contribution is -2.28. The summed E-state index contributed by atoms with van der Waals surface area (Å²) >= 11 is 5.15. The molecule has 26 heavy (non-hydrogen) atoms. The topological polar surface area (TPSA) is 48.8 Å². The second-order valence-electron chi connectivity index (χ2n) is 6.71. The number of hydrogen-bond donors (Lipinski definition) is 2. The molecular weight excluding hydrogens is 340 g/mol. The number of benzene rings is 2. The van der Waals surface area contributed by atoms with E-state index in [4.69, 9.17) is 12.2 Å². The summed E-state index contributed by atoms with van der Waals surface area (Å²) in [5, 5.41) is 8.58. The molecule has 0 saturated heterocycles. The molecule has 0 heterocycles. The molecule has 0 unspecified atom stereocenters. The summed E-state index contributed by atoms with van der Waals surface area (Å²) in [5.74, 6) is 1.05. The van der Waals surface area contributed by atoms with Gasteiger partial charge >= 0.3 is 0 Å². The summed E-state index contributed by atoms with van der Waals surface area (Å²) in [5.41, 5.74) is 10.2. The molecule has 0 fully saturated rings. The van der Waals surface area contributed by atoms with Gasteiger partial charge < -0.3 is 0 Å². The van der Waals surface area contributed by atoms with E-state index in [-0.39, 0.29) is 0 Å². The zero-order chi connectivity index (χ0) is 18.9. The van der Waals surface area contributed by atoms with Crippen molar-refractivity contribution < 1.29 is 0 Å². The Labute approximate surface area is 161 Å². The first-order chi connectivity index (χ1) is 12.5. The summed E-state index contributed by atoms with van der Waals surface area (Å²) in [7, 11) is 0. The van der Waals surface area contributed by atoms with Crippen molar-refractivity contribution in [2.45, 2.75) is 39.5 Å². The van der Waals surface area contributed by atoms with Crippen LogP contribution in [-0.2, 0) is 0 Å². The van der Waals surface area contributed by atoms with E-state index in [1.54, 1.807) is 12.4 Å². The van der Waals surface area contributed by atoms with Gasteiger partial charge in [0.2, 0.25) is 5.11 Å². The van der Waals surface area contributed by atoms with Gasteiger partial charge in [0.05, 0.1) is 12.4 Å². The molecule has 2 aromatic carbocycles. The lowest BCUT2D eigenvalue weighted by Gasteiger charge is -2.05. The molecule has 0 aliphatic heterocycles. The number of hydrogen-bond acceptors (Lipinski definition) is 3. The zero-order valence-electron chi connectivity index (χ0n) is 15.7. The Morgan fingerprint density at radius 3 is 1.38 bits per heavy atom. The molecule has 2 aromatic rings. The van der Waals surface area contributed by atoms with E-state index in [0.29, 0.717) is 16.9 Å². The molecule has 0 bridgehead atoms. The lowest BCUT2D eigenvalue weighted by atomic mass is 10.0. The Kier molecular flexibility index (Phi) is 7.48. The van der Waals surface area contributed by atoms with E-state index in [1.807, 2.05) is 24.3 Å². The molecule has 0 aliphatic rings. The molecule has 0 saturated carbocycles. The molecular formula is C21H26N4S. The van der Waals surface area contributed by atoms with Gasteiger partial charge in [-0.05, 0) is 46.3 Å². The fraction of sp³-hybridized carbons (Fsp3) is 0.286. The molecule has 136 valence electrons. The minimum atomic E-state index is 0.343. The van der Waals surface area contributed by atoms with Crippen molar-refractivity contribution in [2.24, 2.45) is 10.2 Å². The van der Waals surface area contributed by atoms with Gasteiger partial charge in [-0.2, -0.15) is 10.2 Å². The zero-order valence-corrected chi connectivity index (χ0v) is 16.5. The van der Waals surface area contributed by atoms with Crippen LogP contribution in [0.5, 0.6) is 0 Å². The molecule has 2 rings (SSSR count). The molecule has 0 spiro atoms. The fourth-order valence-electron chi connectivity index (χ4n) is 2.29. The standard InChI is InChI=1S/C21H26N4S/c1-15(2)19-9-5-17(6-10-19)13-22-24-21(26)25-23-14-18-7-11-20(12-8-18)16(3)4/h5-16H,1-4H3,(H2,24,25,26)/b22-13-,23-14+. The monoisotopic (exact) mass is 366 g/mol. The molecule has 0 aliphatic carbocycles. The first kappa shape index (κ1) is 19.8. The van der Waals surface area contributed by atoms with Crippen LogP contribution in [0.3, 0.4) is 0 Å². The molecule has 0 amide bonds. The van der Waals surface area contributed by atoms with Crippen LogP contribution in [-0.4, -0.2) is 17.5 Å². The highest BCUT2D eigenvalue weighted by molar-refractivity contribution is 7.80. The van der Waals surface area contributed by atoms with Crippen LogP contribution in [0.1, 0.15) is 61.8 Å². The molecule has 0 atom stereocenters.